The molecule has 22 heavy (non-hydrogen) atoms. The van der Waals surface area contributed by atoms with E-state index in [0.717, 1.165) is 55.8 Å². The molecule has 116 valence electrons. The van der Waals surface area contributed by atoms with E-state index >= 15 is 0 Å². The van der Waals surface area contributed by atoms with Gasteiger partial charge in [-0.25, -0.2) is 0 Å². The van der Waals surface area contributed by atoms with E-state index in [1.54, 1.807) is 6.26 Å². The number of hydrogen-bond donors (Lipinski definition) is 0. The molecule has 0 saturated carbocycles. The minimum atomic E-state index is 0.184. The Hall–Kier alpha value is -2.04. The Morgan fingerprint density at radius 3 is 2.82 bits per heavy atom. The summed E-state index contributed by atoms with van der Waals surface area (Å²) in [5.41, 5.74) is 3.39. The van der Waals surface area contributed by atoms with Gasteiger partial charge >= 0.3 is 0 Å². The van der Waals surface area contributed by atoms with Crippen molar-refractivity contribution in [2.24, 2.45) is 0 Å². The number of fused-ring (bicyclic) bond motifs is 3. The Labute approximate surface area is 129 Å². The molecule has 1 aliphatic heterocycles. The van der Waals surface area contributed by atoms with E-state index < -0.39 is 0 Å². The van der Waals surface area contributed by atoms with Crippen molar-refractivity contribution in [3.63, 3.8) is 0 Å². The standard InChI is InChI=1S/C17H21N3O2/c21-16(19-8-3-1-2-4-9-19)12-20-17-13(11-18-20)5-6-15-14(17)7-10-22-15/h7,10-11H,1-6,8-9,12H2. The SMILES string of the molecule is O=C(Cn1ncc2c1-c1ccoc1CC2)N1CCCCCC1. The second kappa shape index (κ2) is 5.63. The molecule has 1 saturated heterocycles. The number of carbonyl (C=O) groups is 1. The van der Waals surface area contributed by atoms with Gasteiger partial charge in [0.25, 0.3) is 0 Å². The van der Waals surface area contributed by atoms with Crippen molar-refractivity contribution < 1.29 is 9.21 Å². The molecule has 0 unspecified atom stereocenters. The van der Waals surface area contributed by atoms with Crippen LogP contribution in [0.5, 0.6) is 0 Å². The Morgan fingerprint density at radius 2 is 2.00 bits per heavy atom. The Morgan fingerprint density at radius 1 is 1.18 bits per heavy atom. The predicted octanol–water partition coefficient (Wildman–Crippen LogP) is 2.64. The van der Waals surface area contributed by atoms with Crippen LogP contribution in [0.25, 0.3) is 11.3 Å². The predicted molar refractivity (Wildman–Crippen MR) is 82.4 cm³/mol. The molecule has 0 atom stereocenters. The van der Waals surface area contributed by atoms with Crippen LogP contribution in [0.2, 0.25) is 0 Å². The van der Waals surface area contributed by atoms with Gasteiger partial charge in [0.2, 0.25) is 5.91 Å². The van der Waals surface area contributed by atoms with Gasteiger partial charge in [-0.1, -0.05) is 12.8 Å². The Bertz CT molecular complexity index is 678. The third kappa shape index (κ3) is 2.34. The number of carbonyl (C=O) groups excluding carboxylic acids is 1. The highest BCUT2D eigenvalue weighted by molar-refractivity contribution is 5.77. The largest absolute Gasteiger partial charge is 0.469 e. The fourth-order valence-electron chi connectivity index (χ4n) is 3.58. The van der Waals surface area contributed by atoms with E-state index in [-0.39, 0.29) is 5.91 Å². The molecule has 0 aromatic carbocycles. The molecule has 5 nitrogen and oxygen atoms in total. The first-order valence-electron chi connectivity index (χ1n) is 8.22. The second-order valence-corrected chi connectivity index (χ2v) is 6.23. The van der Waals surface area contributed by atoms with E-state index in [0.29, 0.717) is 6.54 Å². The molecule has 1 fully saturated rings. The topological polar surface area (TPSA) is 51.3 Å². The summed E-state index contributed by atoms with van der Waals surface area (Å²) < 4.78 is 7.40. The van der Waals surface area contributed by atoms with Gasteiger partial charge in [0.05, 0.1) is 18.2 Å². The monoisotopic (exact) mass is 299 g/mol. The minimum Gasteiger partial charge on any atom is -0.469 e. The van der Waals surface area contributed by atoms with Gasteiger partial charge in [0.15, 0.2) is 0 Å². The third-order valence-corrected chi connectivity index (χ3v) is 4.78. The van der Waals surface area contributed by atoms with Crippen molar-refractivity contribution in [2.45, 2.75) is 45.1 Å². The summed E-state index contributed by atoms with van der Waals surface area (Å²) in [5, 5.41) is 4.46. The van der Waals surface area contributed by atoms with Crippen LogP contribution >= 0.6 is 0 Å². The van der Waals surface area contributed by atoms with Crippen LogP contribution in [-0.2, 0) is 24.2 Å². The number of rotatable bonds is 2. The number of nitrogens with zero attached hydrogens (tertiary/aromatic N) is 3. The van der Waals surface area contributed by atoms with E-state index in [1.165, 1.54) is 18.4 Å². The summed E-state index contributed by atoms with van der Waals surface area (Å²) in [7, 11) is 0. The van der Waals surface area contributed by atoms with Crippen LogP contribution in [-0.4, -0.2) is 33.7 Å². The maximum Gasteiger partial charge on any atom is 0.244 e. The van der Waals surface area contributed by atoms with E-state index in [1.807, 2.05) is 21.8 Å². The highest BCUT2D eigenvalue weighted by atomic mass is 16.3. The van der Waals surface area contributed by atoms with Crippen LogP contribution in [0.1, 0.15) is 37.0 Å². The summed E-state index contributed by atoms with van der Waals surface area (Å²) in [6, 6.07) is 1.99. The molecular formula is C17H21N3O2. The van der Waals surface area contributed by atoms with Gasteiger partial charge in [-0.2, -0.15) is 5.10 Å². The van der Waals surface area contributed by atoms with Crippen molar-refractivity contribution >= 4 is 5.91 Å². The van der Waals surface area contributed by atoms with Crippen LogP contribution < -0.4 is 0 Å². The summed E-state index contributed by atoms with van der Waals surface area (Å²) >= 11 is 0. The molecule has 0 spiro atoms. The van der Waals surface area contributed by atoms with Crippen molar-refractivity contribution in [1.82, 2.24) is 14.7 Å². The molecule has 1 aliphatic carbocycles. The van der Waals surface area contributed by atoms with Crippen molar-refractivity contribution in [2.75, 3.05) is 13.1 Å². The molecule has 0 radical (unpaired) electrons. The lowest BCUT2D eigenvalue weighted by Gasteiger charge is -2.21. The highest BCUT2D eigenvalue weighted by Gasteiger charge is 2.25. The van der Waals surface area contributed by atoms with Crippen LogP contribution in [0, 0.1) is 0 Å². The van der Waals surface area contributed by atoms with E-state index in [4.69, 9.17) is 4.42 Å². The van der Waals surface area contributed by atoms with Gasteiger partial charge < -0.3 is 9.32 Å². The lowest BCUT2D eigenvalue weighted by atomic mass is 9.96. The molecule has 0 bridgehead atoms. The first-order chi connectivity index (χ1) is 10.8. The lowest BCUT2D eigenvalue weighted by molar-refractivity contribution is -0.131. The van der Waals surface area contributed by atoms with Gasteiger partial charge in [0.1, 0.15) is 12.3 Å². The molecule has 2 aromatic heterocycles. The summed E-state index contributed by atoms with van der Waals surface area (Å²) in [6.45, 7) is 2.11. The summed E-state index contributed by atoms with van der Waals surface area (Å²) in [4.78, 5) is 14.6. The summed E-state index contributed by atoms with van der Waals surface area (Å²) in [5.74, 6) is 1.19. The minimum absolute atomic E-state index is 0.184. The van der Waals surface area contributed by atoms with Crippen LogP contribution in [0.15, 0.2) is 22.9 Å². The van der Waals surface area contributed by atoms with Gasteiger partial charge in [-0.05, 0) is 30.9 Å². The fraction of sp³-hybridized carbons (Fsp3) is 0.529. The molecule has 3 heterocycles. The maximum atomic E-state index is 12.6. The normalized spacial score (nSPS) is 17.7. The average molecular weight is 299 g/mol. The Balaban J connectivity index is 1.57. The first kappa shape index (κ1) is 13.6. The van der Waals surface area contributed by atoms with Crippen molar-refractivity contribution in [3.8, 4) is 11.3 Å². The van der Waals surface area contributed by atoms with Gasteiger partial charge in [-0.15, -0.1) is 0 Å². The number of aryl methyl sites for hydroxylation is 2. The molecule has 0 N–H and O–H groups in total. The molecule has 1 amide bonds. The molecule has 2 aliphatic rings. The quantitative estimate of drug-likeness (QED) is 0.856. The van der Waals surface area contributed by atoms with Crippen molar-refractivity contribution in [3.05, 3.63) is 29.9 Å². The zero-order chi connectivity index (χ0) is 14.9. The van der Waals surface area contributed by atoms with E-state index in [2.05, 4.69) is 5.10 Å². The van der Waals surface area contributed by atoms with Crippen LogP contribution in [0.4, 0.5) is 0 Å². The van der Waals surface area contributed by atoms with Crippen molar-refractivity contribution in [1.29, 1.82) is 0 Å². The Kier molecular flexibility index (Phi) is 3.48. The van der Waals surface area contributed by atoms with Gasteiger partial charge in [-0.3, -0.25) is 9.48 Å². The third-order valence-electron chi connectivity index (χ3n) is 4.78. The lowest BCUT2D eigenvalue weighted by Crippen LogP contribution is -2.35. The molecule has 4 rings (SSSR count). The number of likely N-dealkylation sites (tertiary alicyclic amines) is 1. The molecular weight excluding hydrogens is 278 g/mol. The highest BCUT2D eigenvalue weighted by Crippen LogP contribution is 2.34. The van der Waals surface area contributed by atoms with Gasteiger partial charge in [0, 0.05) is 25.1 Å². The number of furan rings is 1. The smallest absolute Gasteiger partial charge is 0.244 e. The zero-order valence-electron chi connectivity index (χ0n) is 12.8. The summed E-state index contributed by atoms with van der Waals surface area (Å²) in [6.07, 6.45) is 10.2. The zero-order valence-corrected chi connectivity index (χ0v) is 12.8. The molecule has 2 aromatic rings. The number of amides is 1. The number of hydrogen-bond acceptors (Lipinski definition) is 3. The average Bonchev–Trinajstić information content (AvgIpc) is 3.05. The van der Waals surface area contributed by atoms with Crippen LogP contribution in [0.3, 0.4) is 0 Å². The van der Waals surface area contributed by atoms with E-state index in [9.17, 15) is 4.79 Å². The number of aromatic nitrogens is 2. The molecule has 5 heteroatoms. The fourth-order valence-corrected chi connectivity index (χ4v) is 3.58. The second-order valence-electron chi connectivity index (χ2n) is 6.23. The maximum absolute atomic E-state index is 12.6. The first-order valence-corrected chi connectivity index (χ1v) is 8.22.